The van der Waals surface area contributed by atoms with Crippen LogP contribution in [0.1, 0.15) is 48.7 Å². The van der Waals surface area contributed by atoms with E-state index < -0.39 is 0 Å². The van der Waals surface area contributed by atoms with Crippen molar-refractivity contribution < 1.29 is 18.3 Å². The van der Waals surface area contributed by atoms with Gasteiger partial charge in [-0.3, -0.25) is 4.79 Å². The zero-order valence-corrected chi connectivity index (χ0v) is 17.1. The van der Waals surface area contributed by atoms with Crippen LogP contribution in [0.4, 0.5) is 4.39 Å². The van der Waals surface area contributed by atoms with E-state index in [0.29, 0.717) is 25.0 Å². The number of nitrogens with zero attached hydrogens (tertiary/aromatic N) is 2. The van der Waals surface area contributed by atoms with Crippen molar-refractivity contribution in [1.29, 1.82) is 0 Å². The molecule has 0 bridgehead atoms. The lowest BCUT2D eigenvalue weighted by Crippen LogP contribution is -2.24. The van der Waals surface area contributed by atoms with Crippen LogP contribution in [0.15, 0.2) is 47.1 Å². The van der Waals surface area contributed by atoms with Gasteiger partial charge in [0.25, 0.3) is 5.91 Å². The molecule has 0 saturated heterocycles. The molecule has 1 saturated carbocycles. The van der Waals surface area contributed by atoms with Crippen molar-refractivity contribution in [2.75, 3.05) is 20.3 Å². The quantitative estimate of drug-likeness (QED) is 0.539. The molecule has 1 amide bonds. The highest BCUT2D eigenvalue weighted by molar-refractivity contribution is 5.92. The predicted octanol–water partition coefficient (Wildman–Crippen LogP) is 4.83. The third kappa shape index (κ3) is 4.31. The molecule has 6 nitrogen and oxygen atoms in total. The van der Waals surface area contributed by atoms with Gasteiger partial charge in [0, 0.05) is 31.9 Å². The smallest absolute Gasteiger partial charge is 0.287 e. The standard InChI is InChI=1S/C23H26FN3O3/c1-29-14-4-13-25-23(28)20-12-11-19(30-20)22-21(16-7-9-17(24)10-8-16)26-15-27(22)18-5-2-3-6-18/h7-12,15,18H,2-6,13-14H2,1H3,(H,25,28). The number of benzene rings is 1. The van der Waals surface area contributed by atoms with Crippen molar-refractivity contribution in [2.45, 2.75) is 38.1 Å². The van der Waals surface area contributed by atoms with Gasteiger partial charge in [0.05, 0.1) is 12.0 Å². The van der Waals surface area contributed by atoms with Crippen molar-refractivity contribution in [3.8, 4) is 22.7 Å². The maximum atomic E-state index is 13.4. The fraction of sp³-hybridized carbons (Fsp3) is 0.391. The van der Waals surface area contributed by atoms with Crippen LogP contribution in [0.2, 0.25) is 0 Å². The predicted molar refractivity (Wildman–Crippen MR) is 112 cm³/mol. The first-order valence-electron chi connectivity index (χ1n) is 10.4. The number of hydrogen-bond donors (Lipinski definition) is 1. The molecule has 0 radical (unpaired) electrons. The summed E-state index contributed by atoms with van der Waals surface area (Å²) in [6, 6.07) is 10.1. The molecular formula is C23H26FN3O3. The molecule has 0 aliphatic heterocycles. The fourth-order valence-corrected chi connectivity index (χ4v) is 3.98. The second kappa shape index (κ2) is 9.26. The Morgan fingerprint density at radius 3 is 2.73 bits per heavy atom. The number of carbonyl (C=O) groups excluding carboxylic acids is 1. The molecule has 158 valence electrons. The van der Waals surface area contributed by atoms with E-state index in [0.717, 1.165) is 36.2 Å². The normalized spacial score (nSPS) is 14.3. The number of aromatic nitrogens is 2. The van der Waals surface area contributed by atoms with Gasteiger partial charge < -0.3 is 19.0 Å². The summed E-state index contributed by atoms with van der Waals surface area (Å²) in [5, 5.41) is 2.84. The summed E-state index contributed by atoms with van der Waals surface area (Å²) in [4.78, 5) is 17.0. The van der Waals surface area contributed by atoms with Crippen molar-refractivity contribution in [2.24, 2.45) is 0 Å². The monoisotopic (exact) mass is 411 g/mol. The molecule has 1 aromatic carbocycles. The minimum absolute atomic E-state index is 0.256. The third-order valence-electron chi connectivity index (χ3n) is 5.50. The second-order valence-corrected chi connectivity index (χ2v) is 7.56. The van der Waals surface area contributed by atoms with E-state index in [1.54, 1.807) is 31.4 Å². The van der Waals surface area contributed by atoms with Crippen molar-refractivity contribution in [1.82, 2.24) is 14.9 Å². The lowest BCUT2D eigenvalue weighted by atomic mass is 10.1. The van der Waals surface area contributed by atoms with E-state index >= 15 is 0 Å². The van der Waals surface area contributed by atoms with Crippen molar-refractivity contribution in [3.63, 3.8) is 0 Å². The molecule has 1 fully saturated rings. The summed E-state index contributed by atoms with van der Waals surface area (Å²) in [5.74, 6) is 0.293. The minimum atomic E-state index is -0.291. The number of rotatable bonds is 8. The maximum Gasteiger partial charge on any atom is 0.287 e. The Bertz CT molecular complexity index is 988. The van der Waals surface area contributed by atoms with E-state index in [1.165, 1.54) is 25.0 Å². The zero-order chi connectivity index (χ0) is 20.9. The molecule has 1 N–H and O–H groups in total. The number of carbonyl (C=O) groups is 1. The first-order chi connectivity index (χ1) is 14.7. The van der Waals surface area contributed by atoms with Gasteiger partial charge in [0.15, 0.2) is 11.5 Å². The molecule has 1 aliphatic rings. The Hall–Kier alpha value is -2.93. The van der Waals surface area contributed by atoms with Crippen LogP contribution in [0.3, 0.4) is 0 Å². The fourth-order valence-electron chi connectivity index (χ4n) is 3.98. The third-order valence-corrected chi connectivity index (χ3v) is 5.50. The Balaban J connectivity index is 1.65. The molecule has 7 heteroatoms. The highest BCUT2D eigenvalue weighted by Gasteiger charge is 2.25. The van der Waals surface area contributed by atoms with Gasteiger partial charge in [-0.1, -0.05) is 12.8 Å². The van der Waals surface area contributed by atoms with Gasteiger partial charge in [0.1, 0.15) is 11.5 Å². The van der Waals surface area contributed by atoms with E-state index in [-0.39, 0.29) is 17.5 Å². The van der Waals surface area contributed by atoms with Crippen LogP contribution in [0.5, 0.6) is 0 Å². The summed E-state index contributed by atoms with van der Waals surface area (Å²) in [7, 11) is 1.63. The molecular weight excluding hydrogens is 385 g/mol. The van der Waals surface area contributed by atoms with Gasteiger partial charge in [0.2, 0.25) is 0 Å². The number of ether oxygens (including phenoxy) is 1. The van der Waals surface area contributed by atoms with Crippen LogP contribution in [0, 0.1) is 5.82 Å². The second-order valence-electron chi connectivity index (χ2n) is 7.56. The topological polar surface area (TPSA) is 69.3 Å². The molecule has 4 rings (SSSR count). The number of methoxy groups -OCH3 is 1. The van der Waals surface area contributed by atoms with E-state index in [2.05, 4.69) is 14.9 Å². The molecule has 30 heavy (non-hydrogen) atoms. The molecule has 3 aromatic rings. The first-order valence-corrected chi connectivity index (χ1v) is 10.4. The zero-order valence-electron chi connectivity index (χ0n) is 17.1. The van der Waals surface area contributed by atoms with Gasteiger partial charge in [-0.15, -0.1) is 0 Å². The molecule has 1 aliphatic carbocycles. The van der Waals surface area contributed by atoms with Crippen LogP contribution in [-0.4, -0.2) is 35.7 Å². The average molecular weight is 411 g/mol. The molecule has 0 unspecified atom stereocenters. The number of amides is 1. The van der Waals surface area contributed by atoms with Gasteiger partial charge in [-0.25, -0.2) is 9.37 Å². The first kappa shape index (κ1) is 20.3. The minimum Gasteiger partial charge on any atom is -0.449 e. The van der Waals surface area contributed by atoms with Crippen LogP contribution in [0.25, 0.3) is 22.7 Å². The Labute approximate surface area is 175 Å². The summed E-state index contributed by atoms with van der Waals surface area (Å²) < 4.78 is 26.5. The van der Waals surface area contributed by atoms with Crippen LogP contribution >= 0.6 is 0 Å². The number of nitrogens with one attached hydrogen (secondary N) is 1. The van der Waals surface area contributed by atoms with Gasteiger partial charge in [-0.05, 0) is 55.7 Å². The molecule has 2 heterocycles. The molecule has 0 spiro atoms. The number of halogens is 1. The summed E-state index contributed by atoms with van der Waals surface area (Å²) in [6.07, 6.45) is 7.10. The lowest BCUT2D eigenvalue weighted by molar-refractivity contribution is 0.0921. The summed E-state index contributed by atoms with van der Waals surface area (Å²) in [5.41, 5.74) is 2.36. The van der Waals surface area contributed by atoms with Crippen molar-refractivity contribution >= 4 is 5.91 Å². The Morgan fingerprint density at radius 2 is 2.00 bits per heavy atom. The number of furan rings is 1. The molecule has 2 aromatic heterocycles. The largest absolute Gasteiger partial charge is 0.449 e. The Kier molecular flexibility index (Phi) is 6.28. The number of hydrogen-bond acceptors (Lipinski definition) is 4. The van der Waals surface area contributed by atoms with E-state index in [4.69, 9.17) is 9.15 Å². The summed E-state index contributed by atoms with van der Waals surface area (Å²) >= 11 is 0. The number of imidazole rings is 1. The SMILES string of the molecule is COCCCNC(=O)c1ccc(-c2c(-c3ccc(F)cc3)ncn2C2CCCC2)o1. The lowest BCUT2D eigenvalue weighted by Gasteiger charge is -2.15. The van der Waals surface area contributed by atoms with Crippen LogP contribution < -0.4 is 5.32 Å². The van der Waals surface area contributed by atoms with E-state index in [9.17, 15) is 9.18 Å². The van der Waals surface area contributed by atoms with Gasteiger partial charge in [-0.2, -0.15) is 0 Å². The maximum absolute atomic E-state index is 13.4. The average Bonchev–Trinajstić information content (AvgIpc) is 3.51. The van der Waals surface area contributed by atoms with E-state index in [1.807, 2.05) is 6.33 Å². The highest BCUT2D eigenvalue weighted by Crippen LogP contribution is 2.39. The Morgan fingerprint density at radius 1 is 1.23 bits per heavy atom. The highest BCUT2D eigenvalue weighted by atomic mass is 19.1. The molecule has 0 atom stereocenters. The summed E-state index contributed by atoms with van der Waals surface area (Å²) in [6.45, 7) is 1.11. The van der Waals surface area contributed by atoms with Crippen LogP contribution in [-0.2, 0) is 4.74 Å². The van der Waals surface area contributed by atoms with Crippen molar-refractivity contribution in [3.05, 3.63) is 54.3 Å². The van der Waals surface area contributed by atoms with Gasteiger partial charge >= 0.3 is 0 Å².